The summed E-state index contributed by atoms with van der Waals surface area (Å²) in [6.07, 6.45) is 4.56. The van der Waals surface area contributed by atoms with Gasteiger partial charge in [0.15, 0.2) is 0 Å². The van der Waals surface area contributed by atoms with E-state index < -0.39 is 0 Å². The maximum Gasteiger partial charge on any atom is 0.233 e. The number of hydrogen-bond acceptors (Lipinski definition) is 3. The molecule has 3 saturated heterocycles. The van der Waals surface area contributed by atoms with E-state index in [1.54, 1.807) is 0 Å². The SMILES string of the molecule is CN(C)C[C@H]1[C@H]2CN(C(=O)C3(c4ccc(Cl)cc4)CC3)C[C@]23CC[C@H]1O3. The molecule has 1 aromatic carbocycles. The number of rotatable bonds is 4. The number of nitrogens with zero attached hydrogens (tertiary/aromatic N) is 2. The lowest BCUT2D eigenvalue weighted by molar-refractivity contribution is -0.134. The van der Waals surface area contributed by atoms with Crippen molar-refractivity contribution in [3.8, 4) is 0 Å². The van der Waals surface area contributed by atoms with Gasteiger partial charge in [0.1, 0.15) is 0 Å². The Bertz CT molecular complexity index is 730. The molecule has 1 amide bonds. The molecule has 0 aromatic heterocycles. The summed E-state index contributed by atoms with van der Waals surface area (Å²) < 4.78 is 6.49. The fourth-order valence-corrected chi connectivity index (χ4v) is 5.96. The first-order valence-corrected chi connectivity index (χ1v) is 10.2. The number of hydrogen-bond donors (Lipinski definition) is 0. The van der Waals surface area contributed by atoms with Gasteiger partial charge >= 0.3 is 0 Å². The average Bonchev–Trinajstić information content (AvgIpc) is 3.06. The summed E-state index contributed by atoms with van der Waals surface area (Å²) in [5, 5.41) is 0.725. The first-order valence-electron chi connectivity index (χ1n) is 9.82. The molecule has 0 radical (unpaired) electrons. The van der Waals surface area contributed by atoms with E-state index in [-0.39, 0.29) is 11.0 Å². The van der Waals surface area contributed by atoms with E-state index in [4.69, 9.17) is 16.3 Å². The molecule has 5 rings (SSSR count). The van der Waals surface area contributed by atoms with E-state index in [2.05, 4.69) is 23.9 Å². The lowest BCUT2D eigenvalue weighted by Gasteiger charge is -2.30. The molecule has 26 heavy (non-hydrogen) atoms. The van der Waals surface area contributed by atoms with Crippen LogP contribution in [0.1, 0.15) is 31.2 Å². The minimum absolute atomic E-state index is 0.0723. The molecule has 5 heteroatoms. The van der Waals surface area contributed by atoms with Gasteiger partial charge in [0.2, 0.25) is 5.91 Å². The van der Waals surface area contributed by atoms with Crippen molar-refractivity contribution in [2.75, 3.05) is 33.7 Å². The number of ether oxygens (including phenoxy) is 1. The van der Waals surface area contributed by atoms with Crippen LogP contribution in [-0.2, 0) is 14.9 Å². The predicted octanol–water partition coefficient (Wildman–Crippen LogP) is 2.94. The summed E-state index contributed by atoms with van der Waals surface area (Å²) in [6.45, 7) is 2.71. The molecule has 3 aliphatic heterocycles. The first kappa shape index (κ1) is 17.0. The van der Waals surface area contributed by atoms with Crippen LogP contribution in [0.5, 0.6) is 0 Å². The highest BCUT2D eigenvalue weighted by molar-refractivity contribution is 6.30. The molecule has 2 bridgehead atoms. The van der Waals surface area contributed by atoms with Crippen molar-refractivity contribution in [3.05, 3.63) is 34.9 Å². The van der Waals surface area contributed by atoms with Crippen molar-refractivity contribution in [1.82, 2.24) is 9.80 Å². The zero-order chi connectivity index (χ0) is 18.1. The van der Waals surface area contributed by atoms with Gasteiger partial charge in [-0.2, -0.15) is 0 Å². The predicted molar refractivity (Wildman–Crippen MR) is 101 cm³/mol. The van der Waals surface area contributed by atoms with E-state index >= 15 is 0 Å². The van der Waals surface area contributed by atoms with Crippen LogP contribution in [-0.4, -0.2) is 61.1 Å². The summed E-state index contributed by atoms with van der Waals surface area (Å²) in [5.74, 6) is 1.36. The largest absolute Gasteiger partial charge is 0.369 e. The first-order chi connectivity index (χ1) is 12.4. The number of likely N-dealkylation sites (tertiary alicyclic amines) is 1. The quantitative estimate of drug-likeness (QED) is 0.812. The average molecular weight is 375 g/mol. The van der Waals surface area contributed by atoms with Crippen LogP contribution < -0.4 is 0 Å². The van der Waals surface area contributed by atoms with Gasteiger partial charge in [0.05, 0.1) is 23.7 Å². The van der Waals surface area contributed by atoms with Gasteiger partial charge in [-0.3, -0.25) is 4.79 Å². The van der Waals surface area contributed by atoms with Gasteiger partial charge in [-0.05, 0) is 57.5 Å². The fraction of sp³-hybridized carbons (Fsp3) is 0.667. The maximum absolute atomic E-state index is 13.5. The Kier molecular flexibility index (Phi) is 3.73. The van der Waals surface area contributed by atoms with Crippen LogP contribution >= 0.6 is 11.6 Å². The van der Waals surface area contributed by atoms with Crippen molar-refractivity contribution in [3.63, 3.8) is 0 Å². The minimum atomic E-state index is -0.311. The van der Waals surface area contributed by atoms with E-state index in [1.807, 2.05) is 24.3 Å². The highest BCUT2D eigenvalue weighted by atomic mass is 35.5. The number of carbonyl (C=O) groups is 1. The van der Waals surface area contributed by atoms with Crippen molar-refractivity contribution in [2.45, 2.75) is 42.8 Å². The molecule has 4 atom stereocenters. The molecular weight excluding hydrogens is 348 g/mol. The third kappa shape index (κ3) is 2.38. The summed E-state index contributed by atoms with van der Waals surface area (Å²) >= 11 is 6.04. The third-order valence-electron chi connectivity index (χ3n) is 7.20. The Morgan fingerprint density at radius 2 is 2.00 bits per heavy atom. The smallest absolute Gasteiger partial charge is 0.233 e. The molecule has 140 valence electrons. The monoisotopic (exact) mass is 374 g/mol. The normalized spacial score (nSPS) is 36.6. The summed E-state index contributed by atoms with van der Waals surface area (Å²) in [7, 11) is 4.27. The molecule has 0 N–H and O–H groups in total. The standard InChI is InChI=1S/C21H27ClN2O2/c1-23(2)11-16-17-12-24(13-21(17)8-7-18(16)26-21)19(25)20(9-10-20)14-3-5-15(22)6-4-14/h3-6,16-18H,7-13H2,1-2H3/t16-,17+,18+,21+/m0/s1. The topological polar surface area (TPSA) is 32.8 Å². The van der Waals surface area contributed by atoms with Gasteiger partial charge in [-0.1, -0.05) is 23.7 Å². The van der Waals surface area contributed by atoms with Crippen LogP contribution in [0, 0.1) is 11.8 Å². The Hall–Kier alpha value is -1.10. The zero-order valence-electron chi connectivity index (χ0n) is 15.6. The molecule has 4 fully saturated rings. The van der Waals surface area contributed by atoms with E-state index in [9.17, 15) is 4.79 Å². The fourth-order valence-electron chi connectivity index (χ4n) is 5.83. The second-order valence-corrected chi connectivity index (χ2v) is 9.50. The lowest BCUT2D eigenvalue weighted by Crippen LogP contribution is -2.41. The van der Waals surface area contributed by atoms with Crippen LogP contribution in [0.25, 0.3) is 0 Å². The molecule has 3 heterocycles. The van der Waals surface area contributed by atoms with Gasteiger partial charge in [0.25, 0.3) is 0 Å². The Morgan fingerprint density at radius 3 is 2.65 bits per heavy atom. The summed E-state index contributed by atoms with van der Waals surface area (Å²) in [5.41, 5.74) is 0.739. The second-order valence-electron chi connectivity index (χ2n) is 9.07. The van der Waals surface area contributed by atoms with Crippen molar-refractivity contribution in [2.24, 2.45) is 11.8 Å². The van der Waals surface area contributed by atoms with E-state index in [0.29, 0.717) is 23.8 Å². The third-order valence-corrected chi connectivity index (χ3v) is 7.46. The zero-order valence-corrected chi connectivity index (χ0v) is 16.3. The molecule has 0 unspecified atom stereocenters. The molecule has 1 aromatic rings. The molecule has 1 saturated carbocycles. The molecule has 4 nitrogen and oxygen atoms in total. The van der Waals surface area contributed by atoms with Gasteiger partial charge in [-0.25, -0.2) is 0 Å². The molecular formula is C21H27ClN2O2. The molecule has 4 aliphatic rings. The number of carbonyl (C=O) groups excluding carboxylic acids is 1. The lowest BCUT2D eigenvalue weighted by atomic mass is 9.73. The van der Waals surface area contributed by atoms with Crippen molar-refractivity contribution in [1.29, 1.82) is 0 Å². The number of benzene rings is 1. The second kappa shape index (κ2) is 5.70. The van der Waals surface area contributed by atoms with Crippen molar-refractivity contribution >= 4 is 17.5 Å². The number of halogens is 1. The van der Waals surface area contributed by atoms with Crippen LogP contribution in [0.3, 0.4) is 0 Å². The highest BCUT2D eigenvalue weighted by Gasteiger charge is 2.65. The van der Waals surface area contributed by atoms with Crippen LogP contribution in [0.2, 0.25) is 5.02 Å². The summed E-state index contributed by atoms with van der Waals surface area (Å²) in [4.78, 5) is 17.9. The maximum atomic E-state index is 13.5. The molecule has 1 spiro atoms. The van der Waals surface area contributed by atoms with Crippen LogP contribution in [0.15, 0.2) is 24.3 Å². The molecule has 1 aliphatic carbocycles. The number of fused-ring (bicyclic) bond motifs is 1. The Labute approximate surface area is 160 Å². The van der Waals surface area contributed by atoms with E-state index in [1.165, 1.54) is 0 Å². The summed E-state index contributed by atoms with van der Waals surface area (Å²) in [6, 6.07) is 7.86. The van der Waals surface area contributed by atoms with Gasteiger partial charge in [0, 0.05) is 29.9 Å². The minimum Gasteiger partial charge on any atom is -0.369 e. The number of amides is 1. The Morgan fingerprint density at radius 1 is 1.27 bits per heavy atom. The van der Waals surface area contributed by atoms with Gasteiger partial charge < -0.3 is 14.5 Å². The Balaban J connectivity index is 1.38. The highest BCUT2D eigenvalue weighted by Crippen LogP contribution is 2.57. The van der Waals surface area contributed by atoms with Gasteiger partial charge in [-0.15, -0.1) is 0 Å². The van der Waals surface area contributed by atoms with Crippen LogP contribution in [0.4, 0.5) is 0 Å². The van der Waals surface area contributed by atoms with E-state index in [0.717, 1.165) is 55.9 Å². The van der Waals surface area contributed by atoms with Crippen molar-refractivity contribution < 1.29 is 9.53 Å².